The molecule has 1 aliphatic heterocycles. The van der Waals surface area contributed by atoms with E-state index in [-0.39, 0.29) is 11.7 Å². The van der Waals surface area contributed by atoms with E-state index >= 15 is 0 Å². The molecule has 1 N–H and O–H groups in total. The lowest BCUT2D eigenvalue weighted by atomic mass is 10.1. The summed E-state index contributed by atoms with van der Waals surface area (Å²) in [4.78, 5) is 16.7. The predicted octanol–water partition coefficient (Wildman–Crippen LogP) is 3.04. The molecule has 2 fully saturated rings. The second kappa shape index (κ2) is 7.46. The first-order chi connectivity index (χ1) is 12.7. The van der Waals surface area contributed by atoms with Gasteiger partial charge in [0.05, 0.1) is 0 Å². The van der Waals surface area contributed by atoms with Gasteiger partial charge in [0.15, 0.2) is 0 Å². The minimum atomic E-state index is -0.193. The lowest BCUT2D eigenvalue weighted by Crippen LogP contribution is -2.45. The summed E-state index contributed by atoms with van der Waals surface area (Å²) in [5, 5.41) is 3.02. The molecule has 0 atom stereocenters. The van der Waals surface area contributed by atoms with Crippen molar-refractivity contribution in [3.63, 3.8) is 0 Å². The van der Waals surface area contributed by atoms with Crippen LogP contribution in [0.1, 0.15) is 28.8 Å². The Morgan fingerprint density at radius 2 is 1.62 bits per heavy atom. The molecule has 0 aromatic heterocycles. The zero-order valence-corrected chi connectivity index (χ0v) is 14.8. The lowest BCUT2D eigenvalue weighted by Gasteiger charge is -2.36. The van der Waals surface area contributed by atoms with Gasteiger partial charge in [-0.1, -0.05) is 12.1 Å². The van der Waals surface area contributed by atoms with Gasteiger partial charge in [-0.2, -0.15) is 0 Å². The van der Waals surface area contributed by atoms with Crippen molar-refractivity contribution < 1.29 is 9.18 Å². The maximum Gasteiger partial charge on any atom is 0.251 e. The molecule has 1 amide bonds. The average molecular weight is 353 g/mol. The van der Waals surface area contributed by atoms with Gasteiger partial charge in [-0.25, -0.2) is 4.39 Å². The number of anilines is 1. The van der Waals surface area contributed by atoms with Crippen LogP contribution in [-0.4, -0.2) is 43.0 Å². The molecule has 0 radical (unpaired) electrons. The highest BCUT2D eigenvalue weighted by Crippen LogP contribution is 2.20. The highest BCUT2D eigenvalue weighted by molar-refractivity contribution is 5.94. The van der Waals surface area contributed by atoms with Crippen LogP contribution in [0.5, 0.6) is 0 Å². The molecule has 0 spiro atoms. The van der Waals surface area contributed by atoms with Crippen LogP contribution in [0.25, 0.3) is 0 Å². The maximum atomic E-state index is 13.0. The first-order valence-corrected chi connectivity index (χ1v) is 9.30. The molecule has 4 nitrogen and oxygen atoms in total. The number of carbonyl (C=O) groups excluding carboxylic acids is 1. The fraction of sp³-hybridized carbons (Fsp3) is 0.381. The van der Waals surface area contributed by atoms with E-state index in [1.165, 1.54) is 17.7 Å². The predicted molar refractivity (Wildman–Crippen MR) is 101 cm³/mol. The summed E-state index contributed by atoms with van der Waals surface area (Å²) in [7, 11) is 0. The van der Waals surface area contributed by atoms with Crippen LogP contribution < -0.4 is 10.2 Å². The van der Waals surface area contributed by atoms with Crippen molar-refractivity contribution in [3.8, 4) is 0 Å². The van der Waals surface area contributed by atoms with Crippen molar-refractivity contribution in [2.45, 2.75) is 25.4 Å². The van der Waals surface area contributed by atoms with Crippen LogP contribution in [0.4, 0.5) is 10.1 Å². The molecule has 1 heterocycles. The Morgan fingerprint density at radius 1 is 0.962 bits per heavy atom. The number of nitrogens with one attached hydrogen (secondary N) is 1. The molecular formula is C21H24FN3O. The van der Waals surface area contributed by atoms with Gasteiger partial charge in [0, 0.05) is 50.0 Å². The minimum absolute atomic E-state index is 0.0342. The molecule has 136 valence electrons. The molecule has 5 heteroatoms. The van der Waals surface area contributed by atoms with Gasteiger partial charge in [0.2, 0.25) is 0 Å². The molecule has 1 aliphatic carbocycles. The number of carbonyl (C=O) groups is 1. The van der Waals surface area contributed by atoms with Crippen molar-refractivity contribution in [3.05, 3.63) is 65.5 Å². The number of nitrogens with zero attached hydrogens (tertiary/aromatic N) is 2. The topological polar surface area (TPSA) is 35.6 Å². The van der Waals surface area contributed by atoms with E-state index in [0.717, 1.165) is 56.8 Å². The third kappa shape index (κ3) is 4.22. The third-order valence-electron chi connectivity index (χ3n) is 5.10. The molecule has 2 aromatic carbocycles. The Hall–Kier alpha value is -2.40. The Morgan fingerprint density at radius 3 is 2.23 bits per heavy atom. The summed E-state index contributed by atoms with van der Waals surface area (Å²) in [5.74, 6) is -0.159. The second-order valence-electron chi connectivity index (χ2n) is 7.18. The molecule has 2 aliphatic rings. The fourth-order valence-electron chi connectivity index (χ4n) is 3.33. The van der Waals surface area contributed by atoms with Gasteiger partial charge in [-0.15, -0.1) is 0 Å². The van der Waals surface area contributed by atoms with E-state index < -0.39 is 0 Å². The molecule has 1 saturated carbocycles. The van der Waals surface area contributed by atoms with E-state index in [4.69, 9.17) is 0 Å². The molecule has 0 bridgehead atoms. The summed E-state index contributed by atoms with van der Waals surface area (Å²) in [6.45, 7) is 4.71. The standard InChI is InChI=1S/C21H24FN3O/c22-18-5-9-20(10-6-18)25-13-11-24(12-14-25)15-16-1-3-17(4-2-16)21(26)23-19-7-8-19/h1-6,9-10,19H,7-8,11-15H2,(H,23,26). The van der Waals surface area contributed by atoms with E-state index in [0.29, 0.717) is 6.04 Å². The zero-order chi connectivity index (χ0) is 17.9. The number of rotatable bonds is 5. The molecule has 4 rings (SSSR count). The Bertz CT molecular complexity index is 748. The summed E-state index contributed by atoms with van der Waals surface area (Å²) in [6, 6.07) is 15.0. The smallest absolute Gasteiger partial charge is 0.251 e. The van der Waals surface area contributed by atoms with Crippen molar-refractivity contribution in [1.29, 1.82) is 0 Å². The van der Waals surface area contributed by atoms with Crippen molar-refractivity contribution >= 4 is 11.6 Å². The Labute approximate surface area is 153 Å². The van der Waals surface area contributed by atoms with Crippen molar-refractivity contribution in [2.24, 2.45) is 0 Å². The first-order valence-electron chi connectivity index (χ1n) is 9.30. The van der Waals surface area contributed by atoms with Crippen LogP contribution in [0.15, 0.2) is 48.5 Å². The van der Waals surface area contributed by atoms with Crippen LogP contribution in [0, 0.1) is 5.82 Å². The van der Waals surface area contributed by atoms with Crippen LogP contribution in [0.3, 0.4) is 0 Å². The van der Waals surface area contributed by atoms with Gasteiger partial charge in [0.25, 0.3) is 5.91 Å². The molecule has 1 saturated heterocycles. The Balaban J connectivity index is 1.28. The quantitative estimate of drug-likeness (QED) is 0.897. The van der Waals surface area contributed by atoms with E-state index in [2.05, 4.69) is 15.1 Å². The van der Waals surface area contributed by atoms with Gasteiger partial charge in [-0.3, -0.25) is 9.69 Å². The molecule has 0 unspecified atom stereocenters. The SMILES string of the molecule is O=C(NC1CC1)c1ccc(CN2CCN(c3ccc(F)cc3)CC2)cc1. The Kier molecular flexibility index (Phi) is 4.89. The molecule has 26 heavy (non-hydrogen) atoms. The number of halogens is 1. The zero-order valence-electron chi connectivity index (χ0n) is 14.8. The first kappa shape index (κ1) is 17.0. The summed E-state index contributed by atoms with van der Waals surface area (Å²) in [6.07, 6.45) is 2.21. The highest BCUT2D eigenvalue weighted by Gasteiger charge is 2.23. The number of amides is 1. The van der Waals surface area contributed by atoms with Crippen LogP contribution in [0.2, 0.25) is 0 Å². The van der Waals surface area contributed by atoms with E-state index in [1.54, 1.807) is 0 Å². The van der Waals surface area contributed by atoms with E-state index in [1.807, 2.05) is 36.4 Å². The largest absolute Gasteiger partial charge is 0.369 e. The normalized spacial score (nSPS) is 18.0. The summed E-state index contributed by atoms with van der Waals surface area (Å²) < 4.78 is 13.0. The van der Waals surface area contributed by atoms with Crippen molar-refractivity contribution in [1.82, 2.24) is 10.2 Å². The second-order valence-corrected chi connectivity index (χ2v) is 7.18. The number of benzene rings is 2. The molecule has 2 aromatic rings. The fourth-order valence-corrected chi connectivity index (χ4v) is 3.33. The molecular weight excluding hydrogens is 329 g/mol. The lowest BCUT2D eigenvalue weighted by molar-refractivity contribution is 0.0951. The van der Waals surface area contributed by atoms with Gasteiger partial charge < -0.3 is 10.2 Å². The maximum absolute atomic E-state index is 13.0. The van der Waals surface area contributed by atoms with Crippen LogP contribution in [-0.2, 0) is 6.54 Å². The highest BCUT2D eigenvalue weighted by atomic mass is 19.1. The van der Waals surface area contributed by atoms with Gasteiger partial charge >= 0.3 is 0 Å². The third-order valence-corrected chi connectivity index (χ3v) is 5.10. The van der Waals surface area contributed by atoms with Crippen molar-refractivity contribution in [2.75, 3.05) is 31.1 Å². The minimum Gasteiger partial charge on any atom is -0.369 e. The van der Waals surface area contributed by atoms with E-state index in [9.17, 15) is 9.18 Å². The number of hydrogen-bond acceptors (Lipinski definition) is 3. The van der Waals surface area contributed by atoms with Gasteiger partial charge in [0.1, 0.15) is 5.82 Å². The average Bonchev–Trinajstić information content (AvgIpc) is 3.48. The van der Waals surface area contributed by atoms with Gasteiger partial charge in [-0.05, 0) is 54.8 Å². The number of piperazine rings is 1. The monoisotopic (exact) mass is 353 g/mol. The van der Waals surface area contributed by atoms with Crippen LogP contribution >= 0.6 is 0 Å². The summed E-state index contributed by atoms with van der Waals surface area (Å²) >= 11 is 0. The summed E-state index contributed by atoms with van der Waals surface area (Å²) in [5.41, 5.74) is 3.04. The number of hydrogen-bond donors (Lipinski definition) is 1.